The van der Waals surface area contributed by atoms with Crippen LogP contribution >= 0.6 is 0 Å². The number of anilines is 1. The number of para-hydroxylation sites is 2. The van der Waals surface area contributed by atoms with Crippen molar-refractivity contribution in [2.75, 3.05) is 25.0 Å². The van der Waals surface area contributed by atoms with Crippen LogP contribution in [0.3, 0.4) is 0 Å². The molecular formula is C33H38N4O5. The molecule has 4 unspecified atom stereocenters. The first-order chi connectivity index (χ1) is 20.4. The van der Waals surface area contributed by atoms with Crippen LogP contribution in [0, 0.1) is 5.92 Å². The number of imidazole rings is 1. The summed E-state index contributed by atoms with van der Waals surface area (Å²) in [6.07, 6.45) is 0.836. The number of ether oxygens (including phenoxy) is 2. The van der Waals surface area contributed by atoms with Crippen LogP contribution in [0.4, 0.5) is 5.69 Å². The van der Waals surface area contributed by atoms with Crippen LogP contribution in [-0.4, -0.2) is 51.2 Å². The molecule has 2 aliphatic rings. The smallest absolute Gasteiger partial charge is 0.326 e. The number of carbonyl (C=O) groups is 1. The van der Waals surface area contributed by atoms with Crippen LogP contribution in [0.1, 0.15) is 61.8 Å². The van der Waals surface area contributed by atoms with Crippen molar-refractivity contribution in [3.05, 3.63) is 100.0 Å². The fraction of sp³-hybridized carbons (Fsp3) is 0.394. The summed E-state index contributed by atoms with van der Waals surface area (Å²) < 4.78 is 15.2. The third-order valence-corrected chi connectivity index (χ3v) is 8.59. The topological polar surface area (TPSA) is 109 Å². The molecule has 42 heavy (non-hydrogen) atoms. The van der Waals surface area contributed by atoms with Crippen molar-refractivity contribution in [3.8, 4) is 0 Å². The van der Waals surface area contributed by atoms with E-state index >= 15 is 0 Å². The zero-order valence-electron chi connectivity index (χ0n) is 24.0. The second kappa shape index (κ2) is 12.2. The van der Waals surface area contributed by atoms with Crippen molar-refractivity contribution in [3.63, 3.8) is 0 Å². The molecule has 0 radical (unpaired) electrons. The van der Waals surface area contributed by atoms with E-state index in [4.69, 9.17) is 9.47 Å². The Balaban J connectivity index is 1.20. The number of nitrogens with zero attached hydrogens (tertiary/aromatic N) is 2. The van der Waals surface area contributed by atoms with Gasteiger partial charge in [0, 0.05) is 49.8 Å². The number of benzene rings is 3. The highest BCUT2D eigenvalue weighted by molar-refractivity contribution is 5.88. The molecule has 3 N–H and O–H groups in total. The van der Waals surface area contributed by atoms with Gasteiger partial charge in [0.05, 0.1) is 29.8 Å². The Morgan fingerprint density at radius 1 is 1.00 bits per heavy atom. The zero-order chi connectivity index (χ0) is 29.2. The molecule has 4 aromatic rings. The van der Waals surface area contributed by atoms with Crippen LogP contribution in [-0.2, 0) is 20.9 Å². The molecule has 1 aromatic heterocycles. The summed E-state index contributed by atoms with van der Waals surface area (Å²) in [7, 11) is 0. The molecule has 0 spiro atoms. The van der Waals surface area contributed by atoms with Crippen LogP contribution in [0.25, 0.3) is 11.0 Å². The fourth-order valence-electron chi connectivity index (χ4n) is 6.35. The van der Waals surface area contributed by atoms with E-state index in [9.17, 15) is 14.7 Å². The maximum absolute atomic E-state index is 12.8. The zero-order valence-corrected chi connectivity index (χ0v) is 24.0. The molecular weight excluding hydrogens is 532 g/mol. The van der Waals surface area contributed by atoms with Crippen molar-refractivity contribution < 1.29 is 19.4 Å². The number of fused-ring (bicyclic) bond motifs is 1. The standard InChI is InChI=1S/C33H38N4O5/c1-21-30(19-36-16-14-27(15-17-36)37-29-9-4-3-8-28(29)35-33(37)40)41-32(25-6-5-7-26(18-25)34-22(2)39)42-31(21)24-12-10-23(20-38)11-13-24/h3-13,18,21,27,30-32,38H,14-17,19-20H2,1-2H3,(H,34,39)(H,35,40). The number of aliphatic hydroxyl groups is 1. The molecule has 3 aromatic carbocycles. The Morgan fingerprint density at radius 3 is 2.50 bits per heavy atom. The van der Waals surface area contributed by atoms with E-state index in [0.29, 0.717) is 5.69 Å². The van der Waals surface area contributed by atoms with Crippen molar-refractivity contribution in [1.82, 2.24) is 14.5 Å². The van der Waals surface area contributed by atoms with Gasteiger partial charge >= 0.3 is 5.69 Å². The molecule has 9 nitrogen and oxygen atoms in total. The second-order valence-corrected chi connectivity index (χ2v) is 11.5. The Labute approximate surface area is 245 Å². The summed E-state index contributed by atoms with van der Waals surface area (Å²) >= 11 is 0. The van der Waals surface area contributed by atoms with Gasteiger partial charge in [0.1, 0.15) is 0 Å². The van der Waals surface area contributed by atoms with Crippen LogP contribution in [0.15, 0.2) is 77.6 Å². The van der Waals surface area contributed by atoms with Crippen LogP contribution < -0.4 is 11.0 Å². The average Bonchev–Trinajstić information content (AvgIpc) is 3.34. The van der Waals surface area contributed by atoms with E-state index in [1.807, 2.05) is 77.4 Å². The lowest BCUT2D eigenvalue weighted by atomic mass is 9.89. The first-order valence-electron chi connectivity index (χ1n) is 14.7. The van der Waals surface area contributed by atoms with Crippen molar-refractivity contribution >= 4 is 22.6 Å². The number of nitrogens with one attached hydrogen (secondary N) is 2. The highest BCUT2D eigenvalue weighted by Gasteiger charge is 2.39. The van der Waals surface area contributed by atoms with Gasteiger partial charge in [-0.05, 0) is 48.2 Å². The lowest BCUT2D eigenvalue weighted by Gasteiger charge is -2.44. The number of piperidine rings is 1. The largest absolute Gasteiger partial charge is 0.392 e. The first-order valence-corrected chi connectivity index (χ1v) is 14.7. The van der Waals surface area contributed by atoms with E-state index in [0.717, 1.165) is 60.2 Å². The number of hydrogen-bond acceptors (Lipinski definition) is 6. The molecule has 2 saturated heterocycles. The van der Waals surface area contributed by atoms with E-state index in [2.05, 4.69) is 22.1 Å². The minimum Gasteiger partial charge on any atom is -0.392 e. The third-order valence-electron chi connectivity index (χ3n) is 8.59. The van der Waals surface area contributed by atoms with E-state index < -0.39 is 6.29 Å². The Morgan fingerprint density at radius 2 is 1.76 bits per heavy atom. The number of H-pyrrole nitrogens is 1. The van der Waals surface area contributed by atoms with Crippen molar-refractivity contribution in [2.45, 2.75) is 57.8 Å². The minimum atomic E-state index is -0.607. The summed E-state index contributed by atoms with van der Waals surface area (Å²) in [6.45, 7) is 6.12. The summed E-state index contributed by atoms with van der Waals surface area (Å²) in [4.78, 5) is 29.9. The summed E-state index contributed by atoms with van der Waals surface area (Å²) in [5.74, 6) is -0.0713. The quantitative estimate of drug-likeness (QED) is 0.291. The molecule has 1 amide bonds. The number of aromatic amines is 1. The maximum Gasteiger partial charge on any atom is 0.326 e. The van der Waals surface area contributed by atoms with Gasteiger partial charge in [-0.2, -0.15) is 0 Å². The van der Waals surface area contributed by atoms with E-state index in [1.165, 1.54) is 6.92 Å². The minimum absolute atomic E-state index is 0.00765. The lowest BCUT2D eigenvalue weighted by Crippen LogP contribution is -2.47. The van der Waals surface area contributed by atoms with Gasteiger partial charge < -0.3 is 29.8 Å². The van der Waals surface area contributed by atoms with Crippen LogP contribution in [0.5, 0.6) is 0 Å². The normalized spacial score (nSPS) is 23.7. The molecule has 0 bridgehead atoms. The molecule has 220 valence electrons. The first kappa shape index (κ1) is 28.4. The lowest BCUT2D eigenvalue weighted by molar-refractivity contribution is -0.276. The SMILES string of the molecule is CC(=O)Nc1cccc(C2OC(CN3CCC(n4c(=O)[nH]c5ccccc54)CC3)C(C)C(c3ccc(CO)cc3)O2)c1. The highest BCUT2D eigenvalue weighted by atomic mass is 16.7. The maximum atomic E-state index is 12.8. The monoisotopic (exact) mass is 570 g/mol. The molecule has 6 rings (SSSR count). The number of carbonyl (C=O) groups excluding carboxylic acids is 1. The van der Waals surface area contributed by atoms with Gasteiger partial charge in [0.25, 0.3) is 0 Å². The van der Waals surface area contributed by atoms with E-state index in [-0.39, 0.29) is 42.4 Å². The molecule has 0 saturated carbocycles. The van der Waals surface area contributed by atoms with Crippen molar-refractivity contribution in [1.29, 1.82) is 0 Å². The molecule has 0 aliphatic carbocycles. The van der Waals surface area contributed by atoms with Gasteiger partial charge in [-0.3, -0.25) is 9.36 Å². The van der Waals surface area contributed by atoms with Gasteiger partial charge in [0.2, 0.25) is 5.91 Å². The number of hydrogen-bond donors (Lipinski definition) is 3. The summed E-state index contributed by atoms with van der Waals surface area (Å²) in [5.41, 5.74) is 5.21. The molecule has 3 heterocycles. The van der Waals surface area contributed by atoms with Crippen molar-refractivity contribution in [2.24, 2.45) is 5.92 Å². The summed E-state index contributed by atoms with van der Waals surface area (Å²) in [5, 5.41) is 12.4. The Hall–Kier alpha value is -3.76. The number of likely N-dealkylation sites (tertiary alicyclic amines) is 1. The molecule has 2 aliphatic heterocycles. The Kier molecular flexibility index (Phi) is 8.26. The van der Waals surface area contributed by atoms with Gasteiger partial charge in [-0.15, -0.1) is 0 Å². The molecule has 4 atom stereocenters. The number of amides is 1. The van der Waals surface area contributed by atoms with E-state index in [1.54, 1.807) is 0 Å². The highest BCUT2D eigenvalue weighted by Crippen LogP contribution is 2.42. The Bertz CT molecular complexity index is 1590. The molecule has 9 heteroatoms. The number of aliphatic hydroxyl groups excluding tert-OH is 1. The fourth-order valence-corrected chi connectivity index (χ4v) is 6.35. The number of rotatable bonds is 7. The van der Waals surface area contributed by atoms with Gasteiger partial charge in [-0.1, -0.05) is 55.5 Å². The average molecular weight is 571 g/mol. The summed E-state index contributed by atoms with van der Waals surface area (Å²) in [6, 6.07) is 23.5. The predicted molar refractivity (Wildman–Crippen MR) is 161 cm³/mol. The van der Waals surface area contributed by atoms with Gasteiger partial charge in [-0.25, -0.2) is 4.79 Å². The number of aromatic nitrogens is 2. The second-order valence-electron chi connectivity index (χ2n) is 11.5. The molecule has 2 fully saturated rings. The predicted octanol–water partition coefficient (Wildman–Crippen LogP) is 4.91. The van der Waals surface area contributed by atoms with Gasteiger partial charge in [0.15, 0.2) is 6.29 Å². The third kappa shape index (κ3) is 5.91. The van der Waals surface area contributed by atoms with Crippen LogP contribution in [0.2, 0.25) is 0 Å².